The van der Waals surface area contributed by atoms with Gasteiger partial charge in [0.1, 0.15) is 0 Å². The molecule has 0 atom stereocenters. The van der Waals surface area contributed by atoms with Crippen molar-refractivity contribution in [2.24, 2.45) is 11.8 Å². The van der Waals surface area contributed by atoms with Crippen LogP contribution in [-0.2, 0) is 19.1 Å². The van der Waals surface area contributed by atoms with Gasteiger partial charge >= 0.3 is 11.9 Å². The van der Waals surface area contributed by atoms with Gasteiger partial charge in [0.2, 0.25) is 0 Å². The first kappa shape index (κ1) is 19.9. The van der Waals surface area contributed by atoms with Crippen LogP contribution in [0.15, 0.2) is 0 Å². The zero-order chi connectivity index (χ0) is 17.2. The largest absolute Gasteiger partial charge is 0.465 e. The van der Waals surface area contributed by atoms with E-state index in [1.807, 2.05) is 27.7 Å². The predicted molar refractivity (Wildman–Crippen MR) is 88.8 cm³/mol. The molecule has 0 spiro atoms. The van der Waals surface area contributed by atoms with Crippen LogP contribution in [0.2, 0.25) is 0 Å². The molecule has 0 N–H and O–H groups in total. The maximum Gasteiger partial charge on any atom is 0.307 e. The van der Waals surface area contributed by atoms with Crippen LogP contribution in [0.5, 0.6) is 0 Å². The minimum atomic E-state index is -0.130. The monoisotopic (exact) mass is 328 g/mol. The number of carbonyl (C=O) groups excluding carboxylic acids is 2. The molecule has 1 fully saturated rings. The first-order valence-corrected chi connectivity index (χ1v) is 8.62. The highest BCUT2D eigenvalue weighted by Gasteiger charge is 2.21. The van der Waals surface area contributed by atoms with Crippen molar-refractivity contribution in [2.45, 2.75) is 40.5 Å². The van der Waals surface area contributed by atoms with Gasteiger partial charge in [-0.05, 0) is 11.8 Å². The molecular weight excluding hydrogens is 296 g/mol. The van der Waals surface area contributed by atoms with Crippen molar-refractivity contribution in [1.29, 1.82) is 0 Å². The SMILES string of the molecule is CC(C)COC(=O)CCN1CCN(CCC(=O)OCC(C)C)C1. The summed E-state index contributed by atoms with van der Waals surface area (Å²) in [4.78, 5) is 27.6. The van der Waals surface area contributed by atoms with E-state index < -0.39 is 0 Å². The molecule has 134 valence electrons. The maximum absolute atomic E-state index is 11.6. The van der Waals surface area contributed by atoms with Gasteiger partial charge in [-0.15, -0.1) is 0 Å². The van der Waals surface area contributed by atoms with Crippen molar-refractivity contribution in [3.8, 4) is 0 Å². The third-order valence-corrected chi connectivity index (χ3v) is 3.55. The number of ether oxygens (including phenoxy) is 2. The summed E-state index contributed by atoms with van der Waals surface area (Å²) >= 11 is 0. The van der Waals surface area contributed by atoms with Gasteiger partial charge in [-0.3, -0.25) is 19.4 Å². The van der Waals surface area contributed by atoms with Gasteiger partial charge in [0, 0.05) is 26.2 Å². The highest BCUT2D eigenvalue weighted by molar-refractivity contribution is 5.69. The normalized spacial score (nSPS) is 16.3. The average Bonchev–Trinajstić information content (AvgIpc) is 2.94. The molecule has 1 aliphatic rings. The number of hydrogen-bond donors (Lipinski definition) is 0. The van der Waals surface area contributed by atoms with E-state index in [9.17, 15) is 9.59 Å². The van der Waals surface area contributed by atoms with Crippen molar-refractivity contribution >= 4 is 11.9 Å². The molecule has 23 heavy (non-hydrogen) atoms. The Morgan fingerprint density at radius 1 is 0.826 bits per heavy atom. The Labute approximate surface area is 140 Å². The van der Waals surface area contributed by atoms with E-state index in [2.05, 4.69) is 9.80 Å². The van der Waals surface area contributed by atoms with E-state index in [0.29, 0.717) is 51.0 Å². The number of nitrogens with zero attached hydrogens (tertiary/aromatic N) is 2. The van der Waals surface area contributed by atoms with Gasteiger partial charge in [-0.25, -0.2) is 0 Å². The first-order chi connectivity index (χ1) is 10.9. The molecule has 1 rings (SSSR count). The molecule has 0 bridgehead atoms. The summed E-state index contributed by atoms with van der Waals surface area (Å²) in [6.07, 6.45) is 0.855. The Morgan fingerprint density at radius 2 is 1.22 bits per heavy atom. The minimum Gasteiger partial charge on any atom is -0.465 e. The number of rotatable bonds is 10. The van der Waals surface area contributed by atoms with Gasteiger partial charge in [-0.2, -0.15) is 0 Å². The van der Waals surface area contributed by atoms with Crippen molar-refractivity contribution in [2.75, 3.05) is 46.1 Å². The second-order valence-electron chi connectivity index (χ2n) is 7.03. The molecule has 1 aliphatic heterocycles. The molecule has 6 nitrogen and oxygen atoms in total. The molecule has 0 aromatic rings. The lowest BCUT2D eigenvalue weighted by Gasteiger charge is -2.17. The van der Waals surface area contributed by atoms with E-state index in [1.54, 1.807) is 0 Å². The molecular formula is C17H32N2O4. The van der Waals surface area contributed by atoms with Crippen LogP contribution in [0, 0.1) is 11.8 Å². The number of esters is 2. The third-order valence-electron chi connectivity index (χ3n) is 3.55. The van der Waals surface area contributed by atoms with Gasteiger partial charge in [0.05, 0.1) is 32.7 Å². The lowest BCUT2D eigenvalue weighted by molar-refractivity contribution is -0.145. The van der Waals surface area contributed by atoms with Gasteiger partial charge in [-0.1, -0.05) is 27.7 Å². The summed E-state index contributed by atoms with van der Waals surface area (Å²) < 4.78 is 10.3. The molecule has 1 saturated heterocycles. The Hall–Kier alpha value is -1.14. The molecule has 0 amide bonds. The number of carbonyl (C=O) groups is 2. The lowest BCUT2D eigenvalue weighted by atomic mass is 10.2. The third kappa shape index (κ3) is 9.56. The van der Waals surface area contributed by atoms with Crippen molar-refractivity contribution < 1.29 is 19.1 Å². The second kappa shape index (κ2) is 10.6. The Kier molecular flexibility index (Phi) is 9.17. The summed E-state index contributed by atoms with van der Waals surface area (Å²) in [5.74, 6) is 0.484. The fourth-order valence-electron chi connectivity index (χ4n) is 2.23. The van der Waals surface area contributed by atoms with E-state index >= 15 is 0 Å². The summed E-state index contributed by atoms with van der Waals surface area (Å²) in [6.45, 7) is 13.2. The van der Waals surface area contributed by atoms with Crippen LogP contribution >= 0.6 is 0 Å². The fourth-order valence-corrected chi connectivity index (χ4v) is 2.23. The Morgan fingerprint density at radius 3 is 1.57 bits per heavy atom. The standard InChI is InChI=1S/C17H32N2O4/c1-14(2)11-22-16(20)5-7-18-9-10-19(13-18)8-6-17(21)23-12-15(3)4/h14-15H,5-13H2,1-4H3. The lowest BCUT2D eigenvalue weighted by Crippen LogP contribution is -2.29. The summed E-state index contributed by atoms with van der Waals surface area (Å²) in [6, 6.07) is 0. The zero-order valence-corrected chi connectivity index (χ0v) is 15.0. The maximum atomic E-state index is 11.6. The quantitative estimate of drug-likeness (QED) is 0.569. The van der Waals surface area contributed by atoms with Crippen LogP contribution in [-0.4, -0.2) is 67.8 Å². The molecule has 0 radical (unpaired) electrons. The van der Waals surface area contributed by atoms with Crippen LogP contribution in [0.3, 0.4) is 0 Å². The van der Waals surface area contributed by atoms with Crippen LogP contribution < -0.4 is 0 Å². The van der Waals surface area contributed by atoms with Crippen LogP contribution in [0.1, 0.15) is 40.5 Å². The molecule has 1 heterocycles. The zero-order valence-electron chi connectivity index (χ0n) is 15.0. The predicted octanol–water partition coefficient (Wildman–Crippen LogP) is 1.74. The van der Waals surface area contributed by atoms with Crippen molar-refractivity contribution in [3.05, 3.63) is 0 Å². The van der Waals surface area contributed by atoms with E-state index in [1.165, 1.54) is 0 Å². The highest BCUT2D eigenvalue weighted by atomic mass is 16.5. The van der Waals surface area contributed by atoms with Gasteiger partial charge < -0.3 is 9.47 Å². The molecule has 0 aromatic carbocycles. The molecule has 0 saturated carbocycles. The Bertz CT molecular complexity index is 338. The topological polar surface area (TPSA) is 59.1 Å². The second-order valence-corrected chi connectivity index (χ2v) is 7.03. The van der Waals surface area contributed by atoms with Crippen molar-refractivity contribution in [1.82, 2.24) is 9.80 Å². The molecule has 0 unspecified atom stereocenters. The minimum absolute atomic E-state index is 0.130. The smallest absolute Gasteiger partial charge is 0.307 e. The van der Waals surface area contributed by atoms with Crippen LogP contribution in [0.25, 0.3) is 0 Å². The first-order valence-electron chi connectivity index (χ1n) is 8.62. The van der Waals surface area contributed by atoms with Crippen LogP contribution in [0.4, 0.5) is 0 Å². The average molecular weight is 328 g/mol. The highest BCUT2D eigenvalue weighted by Crippen LogP contribution is 2.07. The number of hydrogen-bond acceptors (Lipinski definition) is 6. The molecule has 0 aromatic heterocycles. The molecule has 6 heteroatoms. The summed E-state index contributed by atoms with van der Waals surface area (Å²) in [5, 5.41) is 0. The van der Waals surface area contributed by atoms with E-state index in [0.717, 1.165) is 19.8 Å². The Balaban J connectivity index is 2.11. The van der Waals surface area contributed by atoms with Gasteiger partial charge in [0.15, 0.2) is 0 Å². The summed E-state index contributed by atoms with van der Waals surface area (Å²) in [7, 11) is 0. The molecule has 0 aliphatic carbocycles. The summed E-state index contributed by atoms with van der Waals surface area (Å²) in [5.41, 5.74) is 0. The van der Waals surface area contributed by atoms with E-state index in [-0.39, 0.29) is 11.9 Å². The van der Waals surface area contributed by atoms with Crippen molar-refractivity contribution in [3.63, 3.8) is 0 Å². The fraction of sp³-hybridized carbons (Fsp3) is 0.882. The van der Waals surface area contributed by atoms with E-state index in [4.69, 9.17) is 9.47 Å². The van der Waals surface area contributed by atoms with Gasteiger partial charge in [0.25, 0.3) is 0 Å².